The SMILES string of the molecule is O=C(Nc1nccs1)c1ccc(=O)n(Cc2ccc(Cl)cc2Cl)c1. The molecule has 0 fully saturated rings. The van der Waals surface area contributed by atoms with E-state index < -0.39 is 0 Å². The van der Waals surface area contributed by atoms with Gasteiger partial charge >= 0.3 is 0 Å². The molecule has 3 aromatic rings. The van der Waals surface area contributed by atoms with Gasteiger partial charge in [0.2, 0.25) is 0 Å². The van der Waals surface area contributed by atoms with Gasteiger partial charge in [-0.1, -0.05) is 29.3 Å². The molecule has 24 heavy (non-hydrogen) atoms. The smallest absolute Gasteiger partial charge is 0.258 e. The molecule has 2 heterocycles. The Morgan fingerprint density at radius 2 is 2.08 bits per heavy atom. The highest BCUT2D eigenvalue weighted by Crippen LogP contribution is 2.21. The second kappa shape index (κ2) is 7.17. The molecule has 0 aliphatic carbocycles. The molecule has 5 nitrogen and oxygen atoms in total. The molecular weight excluding hydrogens is 369 g/mol. The van der Waals surface area contributed by atoms with Gasteiger partial charge in [-0.05, 0) is 23.8 Å². The molecule has 8 heteroatoms. The lowest BCUT2D eigenvalue weighted by Crippen LogP contribution is -2.22. The van der Waals surface area contributed by atoms with Gasteiger partial charge in [0.05, 0.1) is 12.1 Å². The highest BCUT2D eigenvalue weighted by atomic mass is 35.5. The first-order chi connectivity index (χ1) is 11.5. The third-order valence-corrected chi connectivity index (χ3v) is 4.53. The van der Waals surface area contributed by atoms with Gasteiger partial charge in [-0.3, -0.25) is 14.9 Å². The number of hydrogen-bond donors (Lipinski definition) is 1. The largest absolute Gasteiger partial charge is 0.310 e. The van der Waals surface area contributed by atoms with Crippen molar-refractivity contribution in [3.8, 4) is 0 Å². The van der Waals surface area contributed by atoms with Crippen LogP contribution in [0.3, 0.4) is 0 Å². The minimum Gasteiger partial charge on any atom is -0.310 e. The first kappa shape index (κ1) is 16.7. The Kier molecular flexibility index (Phi) is 4.99. The van der Waals surface area contributed by atoms with E-state index in [2.05, 4.69) is 10.3 Å². The Labute approximate surface area is 151 Å². The van der Waals surface area contributed by atoms with E-state index in [1.807, 2.05) is 0 Å². The molecule has 1 amide bonds. The van der Waals surface area contributed by atoms with Gasteiger partial charge in [0.25, 0.3) is 11.5 Å². The van der Waals surface area contributed by atoms with Crippen molar-refractivity contribution in [2.24, 2.45) is 0 Å². The maximum atomic E-state index is 12.2. The average Bonchev–Trinajstić information content (AvgIpc) is 3.04. The van der Waals surface area contributed by atoms with Crippen LogP contribution in [0.25, 0.3) is 0 Å². The lowest BCUT2D eigenvalue weighted by Gasteiger charge is -2.10. The molecule has 1 aromatic carbocycles. The van der Waals surface area contributed by atoms with Crippen molar-refractivity contribution < 1.29 is 4.79 Å². The number of rotatable bonds is 4. The molecule has 0 aliphatic heterocycles. The quantitative estimate of drug-likeness (QED) is 0.747. The minimum atomic E-state index is -0.332. The Hall–Kier alpha value is -2.15. The minimum absolute atomic E-state index is 0.230. The van der Waals surface area contributed by atoms with Crippen LogP contribution in [0.5, 0.6) is 0 Å². The van der Waals surface area contributed by atoms with Crippen molar-refractivity contribution in [1.29, 1.82) is 0 Å². The van der Waals surface area contributed by atoms with Gasteiger partial charge in [0.1, 0.15) is 0 Å². The number of halogens is 2. The molecule has 1 N–H and O–H groups in total. The monoisotopic (exact) mass is 379 g/mol. The number of pyridine rings is 1. The van der Waals surface area contributed by atoms with E-state index in [4.69, 9.17) is 23.2 Å². The first-order valence-corrected chi connectivity index (χ1v) is 8.52. The maximum absolute atomic E-state index is 12.2. The van der Waals surface area contributed by atoms with Gasteiger partial charge in [0.15, 0.2) is 5.13 Å². The zero-order chi connectivity index (χ0) is 17.1. The normalized spacial score (nSPS) is 10.6. The first-order valence-electron chi connectivity index (χ1n) is 6.88. The van der Waals surface area contributed by atoms with E-state index in [1.165, 1.54) is 34.2 Å². The number of hydrogen-bond acceptors (Lipinski definition) is 4. The third-order valence-electron chi connectivity index (χ3n) is 3.25. The summed E-state index contributed by atoms with van der Waals surface area (Å²) in [5, 5.41) is 5.92. The molecule has 3 rings (SSSR count). The molecule has 0 saturated heterocycles. The molecule has 122 valence electrons. The average molecular weight is 380 g/mol. The van der Waals surface area contributed by atoms with Crippen LogP contribution in [0.2, 0.25) is 10.0 Å². The van der Waals surface area contributed by atoms with Crippen molar-refractivity contribution >= 4 is 45.6 Å². The van der Waals surface area contributed by atoms with Crippen molar-refractivity contribution in [3.63, 3.8) is 0 Å². The molecule has 0 spiro atoms. The van der Waals surface area contributed by atoms with E-state index in [-0.39, 0.29) is 18.0 Å². The predicted octanol–water partition coefficient (Wildman–Crippen LogP) is 3.91. The Morgan fingerprint density at radius 1 is 1.25 bits per heavy atom. The van der Waals surface area contributed by atoms with Crippen LogP contribution >= 0.6 is 34.5 Å². The van der Waals surface area contributed by atoms with Crippen LogP contribution in [-0.4, -0.2) is 15.5 Å². The molecule has 0 atom stereocenters. The highest BCUT2D eigenvalue weighted by Gasteiger charge is 2.10. The van der Waals surface area contributed by atoms with E-state index in [1.54, 1.807) is 29.8 Å². The van der Waals surface area contributed by atoms with Crippen LogP contribution in [0.4, 0.5) is 5.13 Å². The summed E-state index contributed by atoms with van der Waals surface area (Å²) in [6.45, 7) is 0.243. The van der Waals surface area contributed by atoms with Crippen LogP contribution in [0.1, 0.15) is 15.9 Å². The summed E-state index contributed by atoms with van der Waals surface area (Å²) in [6, 6.07) is 7.89. The summed E-state index contributed by atoms with van der Waals surface area (Å²) in [5.74, 6) is -0.332. The summed E-state index contributed by atoms with van der Waals surface area (Å²) in [5.41, 5.74) is 0.863. The molecule has 0 radical (unpaired) electrons. The maximum Gasteiger partial charge on any atom is 0.258 e. The summed E-state index contributed by atoms with van der Waals surface area (Å²) in [6.07, 6.45) is 3.10. The zero-order valence-electron chi connectivity index (χ0n) is 12.2. The Balaban J connectivity index is 1.86. The van der Waals surface area contributed by atoms with Gasteiger partial charge in [-0.15, -0.1) is 11.3 Å². The van der Waals surface area contributed by atoms with Crippen LogP contribution in [0, 0.1) is 0 Å². The van der Waals surface area contributed by atoms with Crippen LogP contribution in [-0.2, 0) is 6.54 Å². The molecule has 0 bridgehead atoms. The van der Waals surface area contributed by atoms with Crippen LogP contribution in [0.15, 0.2) is 52.9 Å². The fourth-order valence-electron chi connectivity index (χ4n) is 2.08. The van der Waals surface area contributed by atoms with E-state index in [0.29, 0.717) is 20.7 Å². The van der Waals surface area contributed by atoms with Crippen molar-refractivity contribution in [2.45, 2.75) is 6.54 Å². The second-order valence-corrected chi connectivity index (χ2v) is 6.65. The molecular formula is C16H11Cl2N3O2S. The number of nitrogens with zero attached hydrogens (tertiary/aromatic N) is 2. The van der Waals surface area contributed by atoms with E-state index >= 15 is 0 Å². The van der Waals surface area contributed by atoms with Crippen molar-refractivity contribution in [3.05, 3.63) is 79.6 Å². The number of thiazole rings is 1. The molecule has 0 aliphatic rings. The Bertz CT molecular complexity index is 939. The molecule has 2 aromatic heterocycles. The highest BCUT2D eigenvalue weighted by molar-refractivity contribution is 7.13. The number of carbonyl (C=O) groups is 1. The number of amides is 1. The van der Waals surface area contributed by atoms with Gasteiger partial charge in [0, 0.05) is 33.9 Å². The van der Waals surface area contributed by atoms with E-state index in [9.17, 15) is 9.59 Å². The summed E-state index contributed by atoms with van der Waals surface area (Å²) in [4.78, 5) is 28.3. The summed E-state index contributed by atoms with van der Waals surface area (Å²) in [7, 11) is 0. The fraction of sp³-hybridized carbons (Fsp3) is 0.0625. The number of anilines is 1. The van der Waals surface area contributed by atoms with Crippen molar-refractivity contribution in [2.75, 3.05) is 5.32 Å². The predicted molar refractivity (Wildman–Crippen MR) is 96.3 cm³/mol. The standard InChI is InChI=1S/C16H11Cl2N3O2S/c17-12-3-1-10(13(18)7-12)8-21-9-11(2-4-14(21)22)15(23)20-16-19-5-6-24-16/h1-7,9H,8H2,(H,19,20,23). The fourth-order valence-corrected chi connectivity index (χ4v) is 3.07. The van der Waals surface area contributed by atoms with E-state index in [0.717, 1.165) is 5.56 Å². The molecule has 0 saturated carbocycles. The van der Waals surface area contributed by atoms with Gasteiger partial charge in [-0.2, -0.15) is 0 Å². The number of nitrogens with one attached hydrogen (secondary N) is 1. The Morgan fingerprint density at radius 3 is 2.79 bits per heavy atom. The third kappa shape index (κ3) is 3.84. The number of aromatic nitrogens is 2. The van der Waals surface area contributed by atoms with Gasteiger partial charge in [-0.25, -0.2) is 4.98 Å². The molecule has 0 unspecified atom stereocenters. The lowest BCUT2D eigenvalue weighted by molar-refractivity contribution is 0.102. The number of benzene rings is 1. The van der Waals surface area contributed by atoms with Crippen LogP contribution < -0.4 is 10.9 Å². The summed E-state index contributed by atoms with van der Waals surface area (Å²) < 4.78 is 1.42. The topological polar surface area (TPSA) is 64.0 Å². The van der Waals surface area contributed by atoms with Gasteiger partial charge < -0.3 is 4.57 Å². The lowest BCUT2D eigenvalue weighted by atomic mass is 10.2. The second-order valence-electron chi connectivity index (χ2n) is 4.91. The zero-order valence-corrected chi connectivity index (χ0v) is 14.5. The number of carbonyl (C=O) groups excluding carboxylic acids is 1. The summed E-state index contributed by atoms with van der Waals surface area (Å²) >= 11 is 13.3. The van der Waals surface area contributed by atoms with Crippen molar-refractivity contribution in [1.82, 2.24) is 9.55 Å².